The van der Waals surface area contributed by atoms with Crippen LogP contribution in [0.3, 0.4) is 0 Å². The van der Waals surface area contributed by atoms with Crippen LogP contribution in [0.4, 0.5) is 10.1 Å². The molecule has 2 N–H and O–H groups in total. The van der Waals surface area contributed by atoms with Crippen molar-refractivity contribution in [1.29, 1.82) is 0 Å². The van der Waals surface area contributed by atoms with Crippen molar-refractivity contribution in [3.05, 3.63) is 48.3 Å². The summed E-state index contributed by atoms with van der Waals surface area (Å²) in [7, 11) is 0.131. The Hall–Kier alpha value is -2.08. The first kappa shape index (κ1) is 15.3. The Morgan fingerprint density at radius 2 is 1.90 bits per heavy atom. The van der Waals surface area contributed by atoms with Crippen LogP contribution in [0.15, 0.2) is 47.4 Å². The Kier molecular flexibility index (Phi) is 5.16. The van der Waals surface area contributed by atoms with Crippen molar-refractivity contribution in [1.82, 2.24) is 0 Å². The quantitative estimate of drug-likeness (QED) is 0.833. The number of benzene rings is 2. The Balaban J connectivity index is 1.97. The van der Waals surface area contributed by atoms with Crippen LogP contribution in [-0.2, 0) is 10.8 Å². The molecule has 0 amide bonds. The number of methoxy groups -OCH3 is 1. The van der Waals surface area contributed by atoms with Crippen LogP contribution in [0.25, 0.3) is 0 Å². The largest absolute Gasteiger partial charge is 0.493 e. The number of halogens is 1. The molecule has 4 nitrogen and oxygen atoms in total. The first-order valence-electron chi connectivity index (χ1n) is 6.31. The Morgan fingerprint density at radius 1 is 1.19 bits per heavy atom. The molecule has 0 saturated heterocycles. The van der Waals surface area contributed by atoms with Crippen LogP contribution in [0, 0.1) is 5.82 Å². The maximum absolute atomic E-state index is 13.2. The van der Waals surface area contributed by atoms with E-state index in [1.54, 1.807) is 19.2 Å². The molecule has 0 heterocycles. The van der Waals surface area contributed by atoms with Crippen molar-refractivity contribution in [2.24, 2.45) is 0 Å². The SMILES string of the molecule is COc1ccccc1OCCS(=O)c1cc(F)ccc1N. The van der Waals surface area contributed by atoms with Crippen LogP contribution in [0.2, 0.25) is 0 Å². The molecule has 21 heavy (non-hydrogen) atoms. The van der Waals surface area contributed by atoms with Gasteiger partial charge in [-0.05, 0) is 30.3 Å². The van der Waals surface area contributed by atoms with Gasteiger partial charge >= 0.3 is 0 Å². The topological polar surface area (TPSA) is 61.5 Å². The molecule has 0 radical (unpaired) electrons. The molecule has 0 aromatic heterocycles. The second-order valence-corrected chi connectivity index (χ2v) is 5.77. The maximum atomic E-state index is 13.2. The molecule has 1 atom stereocenters. The van der Waals surface area contributed by atoms with E-state index in [2.05, 4.69) is 0 Å². The smallest absolute Gasteiger partial charge is 0.161 e. The number of ether oxygens (including phenoxy) is 2. The summed E-state index contributed by atoms with van der Waals surface area (Å²) in [4.78, 5) is 0.290. The van der Waals surface area contributed by atoms with E-state index in [0.29, 0.717) is 22.1 Å². The predicted molar refractivity (Wildman–Crippen MR) is 80.6 cm³/mol. The fourth-order valence-corrected chi connectivity index (χ4v) is 2.81. The zero-order valence-electron chi connectivity index (χ0n) is 11.5. The zero-order chi connectivity index (χ0) is 15.2. The van der Waals surface area contributed by atoms with Gasteiger partial charge in [-0.15, -0.1) is 0 Å². The third kappa shape index (κ3) is 3.95. The molecule has 2 aromatic carbocycles. The standard InChI is InChI=1S/C15H16FNO3S/c1-19-13-4-2-3-5-14(13)20-8-9-21(18)15-10-11(16)6-7-12(15)17/h2-7,10H,8-9,17H2,1H3. The highest BCUT2D eigenvalue weighted by molar-refractivity contribution is 7.85. The lowest BCUT2D eigenvalue weighted by molar-refractivity contribution is 0.312. The molecule has 6 heteroatoms. The summed E-state index contributed by atoms with van der Waals surface area (Å²) < 4.78 is 36.0. The number of nitrogens with two attached hydrogens (primary N) is 1. The summed E-state index contributed by atoms with van der Waals surface area (Å²) in [6, 6.07) is 11.0. The second kappa shape index (κ2) is 7.08. The van der Waals surface area contributed by atoms with E-state index in [9.17, 15) is 8.60 Å². The van der Waals surface area contributed by atoms with Gasteiger partial charge in [0.05, 0.1) is 28.6 Å². The molecule has 0 aliphatic carbocycles. The van der Waals surface area contributed by atoms with E-state index in [0.717, 1.165) is 0 Å². The van der Waals surface area contributed by atoms with Crippen molar-refractivity contribution >= 4 is 16.5 Å². The van der Waals surface area contributed by atoms with Crippen LogP contribution in [0.1, 0.15) is 0 Å². The first-order valence-corrected chi connectivity index (χ1v) is 7.63. The Labute approximate surface area is 125 Å². The normalized spacial score (nSPS) is 11.9. The van der Waals surface area contributed by atoms with E-state index in [-0.39, 0.29) is 12.4 Å². The van der Waals surface area contributed by atoms with Crippen LogP contribution in [-0.4, -0.2) is 23.7 Å². The number of rotatable bonds is 6. The monoisotopic (exact) mass is 309 g/mol. The van der Waals surface area contributed by atoms with Gasteiger partial charge in [-0.3, -0.25) is 4.21 Å². The third-order valence-corrected chi connectivity index (χ3v) is 4.20. The van der Waals surface area contributed by atoms with Crippen LogP contribution >= 0.6 is 0 Å². The van der Waals surface area contributed by atoms with Crippen molar-refractivity contribution in [2.45, 2.75) is 4.90 Å². The summed E-state index contributed by atoms with van der Waals surface area (Å²) in [5, 5.41) is 0. The highest BCUT2D eigenvalue weighted by Crippen LogP contribution is 2.26. The molecule has 1 unspecified atom stereocenters. The van der Waals surface area contributed by atoms with Gasteiger partial charge in [-0.2, -0.15) is 0 Å². The number of anilines is 1. The fourth-order valence-electron chi connectivity index (χ4n) is 1.78. The van der Waals surface area contributed by atoms with Gasteiger partial charge in [0.2, 0.25) is 0 Å². The Morgan fingerprint density at radius 3 is 2.62 bits per heavy atom. The van der Waals surface area contributed by atoms with Crippen molar-refractivity contribution in [2.75, 3.05) is 25.2 Å². The minimum absolute atomic E-state index is 0.211. The van der Waals surface area contributed by atoms with Gasteiger partial charge in [-0.25, -0.2) is 4.39 Å². The molecule has 2 aromatic rings. The highest BCUT2D eigenvalue weighted by atomic mass is 32.2. The third-order valence-electron chi connectivity index (χ3n) is 2.82. The molecule has 112 valence electrons. The molecule has 0 saturated carbocycles. The number of para-hydroxylation sites is 2. The molecular weight excluding hydrogens is 293 g/mol. The van der Waals surface area contributed by atoms with Gasteiger partial charge in [0.25, 0.3) is 0 Å². The van der Waals surface area contributed by atoms with E-state index in [1.807, 2.05) is 12.1 Å². The summed E-state index contributed by atoms with van der Waals surface area (Å²) in [6.07, 6.45) is 0. The van der Waals surface area contributed by atoms with Crippen molar-refractivity contribution in [3.63, 3.8) is 0 Å². The summed E-state index contributed by atoms with van der Waals surface area (Å²) in [6.45, 7) is 0.211. The number of hydrogen-bond donors (Lipinski definition) is 1. The minimum Gasteiger partial charge on any atom is -0.493 e. The number of hydrogen-bond acceptors (Lipinski definition) is 4. The van der Waals surface area contributed by atoms with E-state index in [1.165, 1.54) is 18.2 Å². The molecule has 0 aliphatic heterocycles. The van der Waals surface area contributed by atoms with Crippen molar-refractivity contribution < 1.29 is 18.1 Å². The lowest BCUT2D eigenvalue weighted by Gasteiger charge is -2.10. The average molecular weight is 309 g/mol. The second-order valence-electron chi connectivity index (χ2n) is 4.23. The summed E-state index contributed by atoms with van der Waals surface area (Å²) in [5.74, 6) is 0.932. The Bertz CT molecular complexity index is 649. The molecule has 2 rings (SSSR count). The molecule has 0 aliphatic rings. The lowest BCUT2D eigenvalue weighted by atomic mass is 10.3. The first-order chi connectivity index (χ1) is 10.1. The summed E-state index contributed by atoms with van der Waals surface area (Å²) in [5.41, 5.74) is 6.01. The van der Waals surface area contributed by atoms with Crippen LogP contribution < -0.4 is 15.2 Å². The molecule has 0 spiro atoms. The summed E-state index contributed by atoms with van der Waals surface area (Å²) >= 11 is 0. The average Bonchev–Trinajstić information content (AvgIpc) is 2.50. The van der Waals surface area contributed by atoms with Gasteiger partial charge in [0.1, 0.15) is 12.4 Å². The van der Waals surface area contributed by atoms with Gasteiger partial charge in [0, 0.05) is 5.69 Å². The van der Waals surface area contributed by atoms with Gasteiger partial charge in [0.15, 0.2) is 11.5 Å². The van der Waals surface area contributed by atoms with E-state index < -0.39 is 16.6 Å². The zero-order valence-corrected chi connectivity index (χ0v) is 12.4. The molecule has 0 bridgehead atoms. The molecule has 0 fully saturated rings. The highest BCUT2D eigenvalue weighted by Gasteiger charge is 2.10. The van der Waals surface area contributed by atoms with Gasteiger partial charge < -0.3 is 15.2 Å². The van der Waals surface area contributed by atoms with E-state index in [4.69, 9.17) is 15.2 Å². The fraction of sp³-hybridized carbons (Fsp3) is 0.200. The minimum atomic E-state index is -1.42. The maximum Gasteiger partial charge on any atom is 0.161 e. The number of nitrogen functional groups attached to an aromatic ring is 1. The lowest BCUT2D eigenvalue weighted by Crippen LogP contribution is -2.10. The molecular formula is C15H16FNO3S. The van der Waals surface area contributed by atoms with Gasteiger partial charge in [-0.1, -0.05) is 12.1 Å². The van der Waals surface area contributed by atoms with Crippen LogP contribution in [0.5, 0.6) is 11.5 Å². The van der Waals surface area contributed by atoms with E-state index >= 15 is 0 Å². The van der Waals surface area contributed by atoms with Crippen molar-refractivity contribution in [3.8, 4) is 11.5 Å². The predicted octanol–water partition coefficient (Wildman–Crippen LogP) is 2.60.